The van der Waals surface area contributed by atoms with Crippen molar-refractivity contribution in [2.75, 3.05) is 25.1 Å². The normalized spacial score (nSPS) is 20.8. The summed E-state index contributed by atoms with van der Waals surface area (Å²) in [6, 6.07) is -1.19. The molecule has 1 aromatic heterocycles. The Hall–Kier alpha value is -5.31. The highest BCUT2D eigenvalue weighted by molar-refractivity contribution is 8.00. The molecule has 46 heavy (non-hydrogen) atoms. The molecule has 21 heteroatoms. The maximum absolute atomic E-state index is 13.3. The number of carbonyl (C=O) groups is 5. The first-order valence-electron chi connectivity index (χ1n) is 12.9. The van der Waals surface area contributed by atoms with Gasteiger partial charge in [0.25, 0.3) is 11.8 Å². The molecule has 1 aliphatic carbocycles. The number of thiazole rings is 1. The Bertz CT molecular complexity index is 1640. The number of ether oxygens (including phenoxy) is 1. The van der Waals surface area contributed by atoms with E-state index < -0.39 is 64.1 Å². The first-order chi connectivity index (χ1) is 21.6. The number of nitrogens with one attached hydrogen (secondary N) is 2. The van der Waals surface area contributed by atoms with E-state index in [0.717, 1.165) is 34.1 Å². The SMILES string of the molecule is CON=C1CC(C(=O)NCC2=C(OC(=O)O)N3C(=O)C(NC(=O)/C(=N\OC(C)(C)C(=O)O)c4csc(N)n4)[C@@H]3SC2)=CC(O)=C1O. The van der Waals surface area contributed by atoms with Crippen molar-refractivity contribution in [1.82, 2.24) is 20.5 Å². The van der Waals surface area contributed by atoms with Gasteiger partial charge in [-0.2, -0.15) is 0 Å². The first kappa shape index (κ1) is 33.6. The number of hydrogen-bond donors (Lipinski definition) is 7. The van der Waals surface area contributed by atoms with Gasteiger partial charge in [-0.3, -0.25) is 19.3 Å². The third-order valence-corrected chi connectivity index (χ3v) is 8.48. The minimum atomic E-state index is -1.82. The molecular weight excluding hydrogens is 654 g/mol. The van der Waals surface area contributed by atoms with Gasteiger partial charge < -0.3 is 51.2 Å². The molecule has 0 radical (unpaired) electrons. The molecule has 3 amide bonds. The number of hydrogen-bond acceptors (Lipinski definition) is 16. The summed E-state index contributed by atoms with van der Waals surface area (Å²) in [4.78, 5) is 76.9. The summed E-state index contributed by atoms with van der Waals surface area (Å²) in [6.45, 7) is 2.14. The molecule has 19 nitrogen and oxygen atoms in total. The number of rotatable bonds is 11. The second-order valence-corrected chi connectivity index (χ2v) is 12.0. The number of nitrogens with zero attached hydrogens (tertiary/aromatic N) is 4. The lowest BCUT2D eigenvalue weighted by Crippen LogP contribution is -2.70. The summed E-state index contributed by atoms with van der Waals surface area (Å²) >= 11 is 2.11. The number of aliphatic hydroxyl groups excluding tert-OH is 2. The molecule has 0 spiro atoms. The predicted molar refractivity (Wildman–Crippen MR) is 159 cm³/mol. The van der Waals surface area contributed by atoms with Crippen LogP contribution in [-0.2, 0) is 33.6 Å². The van der Waals surface area contributed by atoms with Crippen LogP contribution < -0.4 is 16.4 Å². The number of aliphatic carboxylic acids is 1. The zero-order valence-corrected chi connectivity index (χ0v) is 25.8. The van der Waals surface area contributed by atoms with Gasteiger partial charge in [0.05, 0.1) is 0 Å². The van der Waals surface area contributed by atoms with Crippen LogP contribution in [0, 0.1) is 0 Å². The molecule has 0 bridgehead atoms. The fourth-order valence-electron chi connectivity index (χ4n) is 4.07. The second-order valence-electron chi connectivity index (χ2n) is 10.0. The zero-order valence-electron chi connectivity index (χ0n) is 24.2. The average molecular weight is 682 g/mol. The molecule has 0 aromatic carbocycles. The van der Waals surface area contributed by atoms with Crippen LogP contribution in [0.4, 0.5) is 9.93 Å². The molecule has 8 N–H and O–H groups in total. The fraction of sp³-hybridized carbons (Fsp3) is 0.360. The number of aromatic nitrogens is 1. The first-order valence-corrected chi connectivity index (χ1v) is 14.9. The summed E-state index contributed by atoms with van der Waals surface area (Å²) in [6.07, 6.45) is -0.890. The lowest BCUT2D eigenvalue weighted by molar-refractivity contribution is -0.161. The third kappa shape index (κ3) is 6.99. The Balaban J connectivity index is 1.51. The van der Waals surface area contributed by atoms with Gasteiger partial charge in [-0.25, -0.2) is 14.6 Å². The van der Waals surface area contributed by atoms with Crippen LogP contribution in [0.15, 0.2) is 50.3 Å². The smallest absolute Gasteiger partial charge is 0.504 e. The van der Waals surface area contributed by atoms with E-state index in [1.54, 1.807) is 0 Å². The number of carboxylic acids is 1. The molecule has 1 aromatic rings. The van der Waals surface area contributed by atoms with E-state index >= 15 is 0 Å². The van der Waals surface area contributed by atoms with Gasteiger partial charge in [0.15, 0.2) is 22.4 Å². The van der Waals surface area contributed by atoms with E-state index in [4.69, 9.17) is 15.3 Å². The average Bonchev–Trinajstić information content (AvgIpc) is 3.42. The van der Waals surface area contributed by atoms with Crippen molar-refractivity contribution < 1.29 is 58.8 Å². The summed E-state index contributed by atoms with van der Waals surface area (Å²) in [5.74, 6) is -5.23. The summed E-state index contributed by atoms with van der Waals surface area (Å²) in [5, 5.41) is 51.5. The van der Waals surface area contributed by atoms with Gasteiger partial charge >= 0.3 is 12.1 Å². The summed E-state index contributed by atoms with van der Waals surface area (Å²) in [7, 11) is 1.22. The molecule has 1 fully saturated rings. The van der Waals surface area contributed by atoms with Crippen molar-refractivity contribution in [3.63, 3.8) is 0 Å². The molecule has 0 saturated carbocycles. The number of nitrogen functional groups attached to an aromatic ring is 1. The highest BCUT2D eigenvalue weighted by Gasteiger charge is 2.54. The molecule has 2 atom stereocenters. The van der Waals surface area contributed by atoms with E-state index in [9.17, 15) is 44.4 Å². The Morgan fingerprint density at radius 3 is 2.57 bits per heavy atom. The van der Waals surface area contributed by atoms with Crippen molar-refractivity contribution in [1.29, 1.82) is 0 Å². The van der Waals surface area contributed by atoms with Gasteiger partial charge in [-0.15, -0.1) is 23.1 Å². The maximum Gasteiger partial charge on any atom is 0.512 e. The van der Waals surface area contributed by atoms with Crippen molar-refractivity contribution >= 4 is 69.5 Å². The fourth-order valence-corrected chi connectivity index (χ4v) is 5.94. The van der Waals surface area contributed by atoms with E-state index in [0.29, 0.717) is 0 Å². The Morgan fingerprint density at radius 2 is 1.96 bits per heavy atom. The van der Waals surface area contributed by atoms with Gasteiger partial charge in [0.1, 0.15) is 29.9 Å². The number of oxime groups is 2. The number of carbonyl (C=O) groups excluding carboxylic acids is 3. The molecule has 3 heterocycles. The Labute approximate surface area is 267 Å². The van der Waals surface area contributed by atoms with Gasteiger partial charge in [0.2, 0.25) is 17.4 Å². The van der Waals surface area contributed by atoms with Gasteiger partial charge in [-0.1, -0.05) is 10.3 Å². The summed E-state index contributed by atoms with van der Waals surface area (Å²) in [5.41, 5.74) is 3.48. The number of fused-ring (bicyclic) bond motifs is 1. The highest BCUT2D eigenvalue weighted by Crippen LogP contribution is 2.40. The van der Waals surface area contributed by atoms with E-state index in [1.807, 2.05) is 0 Å². The van der Waals surface area contributed by atoms with E-state index in [1.165, 1.54) is 26.3 Å². The number of carboxylic acid groups (broad SMARTS) is 2. The lowest BCUT2D eigenvalue weighted by atomic mass is 10.00. The number of β-lactam (4-membered cyclic amide) rings is 1. The van der Waals surface area contributed by atoms with Gasteiger partial charge in [0, 0.05) is 35.2 Å². The third-order valence-electron chi connectivity index (χ3n) is 6.46. The number of nitrogens with two attached hydrogens (primary N) is 1. The minimum Gasteiger partial charge on any atom is -0.504 e. The lowest BCUT2D eigenvalue weighted by Gasteiger charge is -2.49. The van der Waals surface area contributed by atoms with Crippen LogP contribution in [0.2, 0.25) is 0 Å². The second kappa shape index (κ2) is 13.4. The number of amides is 3. The standard InChI is InChI=1S/C25H27N7O12S2/c1-25(2,22(38)39)44-31-14(12-8-46-23(26)28-12)18(36)29-15-19(37)32-20(43-24(40)41)10(7-45-21(15)32)6-27-17(35)9-4-11(30-42-3)16(34)13(33)5-9/h5,8,15,21,33-34H,4,6-7H2,1-3H3,(H2,26,28)(H,27,35)(H,29,36)(H,38,39)(H,40,41)/b30-11?,31-14-/t15?,21-/m0/s1. The largest absolute Gasteiger partial charge is 0.512 e. The van der Waals surface area contributed by atoms with Crippen LogP contribution in [0.3, 0.4) is 0 Å². The molecule has 1 unspecified atom stereocenters. The van der Waals surface area contributed by atoms with Crippen LogP contribution in [0.1, 0.15) is 26.0 Å². The van der Waals surface area contributed by atoms with Crippen molar-refractivity contribution in [2.45, 2.75) is 37.3 Å². The van der Waals surface area contributed by atoms with Gasteiger partial charge in [-0.05, 0) is 19.9 Å². The van der Waals surface area contributed by atoms with Crippen molar-refractivity contribution in [3.8, 4) is 0 Å². The van der Waals surface area contributed by atoms with Crippen LogP contribution >= 0.6 is 23.1 Å². The predicted octanol–water partition coefficient (Wildman–Crippen LogP) is 0.392. The topological polar surface area (TPSA) is 285 Å². The molecule has 2 aliphatic heterocycles. The van der Waals surface area contributed by atoms with Crippen LogP contribution in [0.5, 0.6) is 0 Å². The highest BCUT2D eigenvalue weighted by atomic mass is 32.2. The zero-order chi connectivity index (χ0) is 33.9. The Morgan fingerprint density at radius 1 is 1.24 bits per heavy atom. The minimum absolute atomic E-state index is 0.00611. The van der Waals surface area contributed by atoms with Crippen molar-refractivity contribution in [2.24, 2.45) is 10.3 Å². The molecule has 3 aliphatic rings. The number of thioether (sulfide) groups is 1. The molecule has 4 rings (SSSR count). The van der Waals surface area contributed by atoms with E-state index in [2.05, 4.69) is 30.8 Å². The number of allylic oxidation sites excluding steroid dienone is 2. The molecule has 246 valence electrons. The molecular formula is C25H27N7O12S2. The maximum atomic E-state index is 13.3. The van der Waals surface area contributed by atoms with Crippen LogP contribution in [-0.4, -0.2) is 108 Å². The van der Waals surface area contributed by atoms with E-state index in [-0.39, 0.29) is 52.3 Å². The van der Waals surface area contributed by atoms with Crippen LogP contribution in [0.25, 0.3) is 0 Å². The molecule has 1 saturated heterocycles. The number of anilines is 1. The quantitative estimate of drug-likeness (QED) is 0.0720. The summed E-state index contributed by atoms with van der Waals surface area (Å²) < 4.78 is 4.91. The Kier molecular flexibility index (Phi) is 9.75. The number of aliphatic hydroxyl groups is 2. The van der Waals surface area contributed by atoms with Crippen molar-refractivity contribution in [3.05, 3.63) is 45.7 Å². The monoisotopic (exact) mass is 681 g/mol.